The number of amides is 1. The topological polar surface area (TPSA) is 38.3 Å². The van der Waals surface area contributed by atoms with E-state index in [0.717, 1.165) is 19.4 Å². The minimum atomic E-state index is -0.293. The van der Waals surface area contributed by atoms with E-state index in [1.54, 1.807) is 0 Å². The maximum absolute atomic E-state index is 11.5. The molecule has 1 aliphatic heterocycles. The molecule has 0 aromatic heterocycles. The molecule has 0 aromatic carbocycles. The first-order chi connectivity index (χ1) is 6.00. The van der Waals surface area contributed by atoms with Crippen molar-refractivity contribution in [2.75, 3.05) is 13.2 Å². The van der Waals surface area contributed by atoms with Crippen molar-refractivity contribution in [2.45, 2.75) is 39.7 Å². The fourth-order valence-electron chi connectivity index (χ4n) is 1.28. The van der Waals surface area contributed by atoms with Crippen LogP contribution in [0, 0.1) is 5.41 Å². The molecule has 1 N–H and O–H groups in total. The molecule has 0 radical (unpaired) electrons. The molecule has 0 spiro atoms. The van der Waals surface area contributed by atoms with Crippen molar-refractivity contribution in [3.63, 3.8) is 0 Å². The van der Waals surface area contributed by atoms with Crippen LogP contribution >= 0.6 is 0 Å². The Balaban J connectivity index is 2.22. The van der Waals surface area contributed by atoms with Crippen molar-refractivity contribution in [1.29, 1.82) is 0 Å². The smallest absolute Gasteiger partial charge is 0.225 e. The van der Waals surface area contributed by atoms with Crippen molar-refractivity contribution < 1.29 is 9.53 Å². The summed E-state index contributed by atoms with van der Waals surface area (Å²) in [4.78, 5) is 11.5. The highest BCUT2D eigenvalue weighted by molar-refractivity contribution is 5.81. The lowest BCUT2D eigenvalue weighted by atomic mass is 9.95. The number of nitrogens with one attached hydrogen (secondary N) is 1. The molecule has 13 heavy (non-hydrogen) atoms. The molecule has 3 heteroatoms. The van der Waals surface area contributed by atoms with Crippen LogP contribution in [0.1, 0.15) is 33.6 Å². The standard InChI is InChI=1S/C10H19NO2/c1-10(2,3)9(12)11-7-8-5-4-6-13-8/h8H,4-7H2,1-3H3,(H,11,12)/t8-/m0/s1. The molecule has 0 bridgehead atoms. The molecule has 3 nitrogen and oxygen atoms in total. The quantitative estimate of drug-likeness (QED) is 0.704. The van der Waals surface area contributed by atoms with Gasteiger partial charge in [0.25, 0.3) is 0 Å². The zero-order chi connectivity index (χ0) is 9.90. The van der Waals surface area contributed by atoms with Crippen LogP contribution in [0.5, 0.6) is 0 Å². The number of carbonyl (C=O) groups excluding carboxylic acids is 1. The molecule has 0 saturated carbocycles. The number of rotatable bonds is 2. The van der Waals surface area contributed by atoms with Gasteiger partial charge in [0.2, 0.25) is 5.91 Å². The molecule has 1 aliphatic rings. The second-order valence-electron chi connectivity index (χ2n) is 4.60. The van der Waals surface area contributed by atoms with Gasteiger partial charge in [-0.2, -0.15) is 0 Å². The molecule has 0 unspecified atom stereocenters. The molecule has 1 fully saturated rings. The molecule has 0 aromatic rings. The largest absolute Gasteiger partial charge is 0.376 e. The fourth-order valence-corrected chi connectivity index (χ4v) is 1.28. The molecule has 76 valence electrons. The van der Waals surface area contributed by atoms with Crippen molar-refractivity contribution in [3.8, 4) is 0 Å². The van der Waals surface area contributed by atoms with E-state index in [0.29, 0.717) is 6.54 Å². The van der Waals surface area contributed by atoms with Gasteiger partial charge in [0, 0.05) is 18.6 Å². The Labute approximate surface area is 79.8 Å². The van der Waals surface area contributed by atoms with E-state index in [1.165, 1.54) is 0 Å². The molecular weight excluding hydrogens is 166 g/mol. The minimum Gasteiger partial charge on any atom is -0.376 e. The molecule has 1 saturated heterocycles. The average Bonchev–Trinajstić information content (AvgIpc) is 2.50. The Morgan fingerprint density at radius 2 is 2.23 bits per heavy atom. The summed E-state index contributed by atoms with van der Waals surface area (Å²) in [5.74, 6) is 0.100. The zero-order valence-electron chi connectivity index (χ0n) is 8.72. The highest BCUT2D eigenvalue weighted by Crippen LogP contribution is 2.14. The highest BCUT2D eigenvalue weighted by atomic mass is 16.5. The van der Waals surface area contributed by atoms with E-state index in [2.05, 4.69) is 5.32 Å². The predicted octanol–water partition coefficient (Wildman–Crippen LogP) is 1.33. The number of ether oxygens (including phenoxy) is 1. The summed E-state index contributed by atoms with van der Waals surface area (Å²) in [6.07, 6.45) is 2.44. The van der Waals surface area contributed by atoms with Crippen LogP contribution < -0.4 is 5.32 Å². The Morgan fingerprint density at radius 1 is 1.54 bits per heavy atom. The van der Waals surface area contributed by atoms with Gasteiger partial charge in [0.05, 0.1) is 6.10 Å². The minimum absolute atomic E-state index is 0.100. The van der Waals surface area contributed by atoms with E-state index in [4.69, 9.17) is 4.74 Å². The molecule has 1 amide bonds. The van der Waals surface area contributed by atoms with Crippen LogP contribution in [0.3, 0.4) is 0 Å². The summed E-state index contributed by atoms with van der Waals surface area (Å²) >= 11 is 0. The summed E-state index contributed by atoms with van der Waals surface area (Å²) < 4.78 is 5.40. The van der Waals surface area contributed by atoms with Crippen molar-refractivity contribution in [2.24, 2.45) is 5.41 Å². The summed E-state index contributed by atoms with van der Waals surface area (Å²) in [6.45, 7) is 7.25. The first-order valence-corrected chi connectivity index (χ1v) is 4.90. The van der Waals surface area contributed by atoms with Crippen molar-refractivity contribution in [1.82, 2.24) is 5.32 Å². The van der Waals surface area contributed by atoms with E-state index in [9.17, 15) is 4.79 Å². The van der Waals surface area contributed by atoms with Gasteiger partial charge >= 0.3 is 0 Å². The molecule has 1 atom stereocenters. The summed E-state index contributed by atoms with van der Waals surface area (Å²) in [5, 5.41) is 2.90. The second kappa shape index (κ2) is 4.09. The van der Waals surface area contributed by atoms with E-state index >= 15 is 0 Å². The Bertz CT molecular complexity index is 178. The van der Waals surface area contributed by atoms with E-state index < -0.39 is 0 Å². The van der Waals surface area contributed by atoms with Gasteiger partial charge in [-0.05, 0) is 12.8 Å². The molecule has 1 rings (SSSR count). The maximum Gasteiger partial charge on any atom is 0.225 e. The Morgan fingerprint density at radius 3 is 2.69 bits per heavy atom. The van der Waals surface area contributed by atoms with Gasteiger partial charge in [-0.1, -0.05) is 20.8 Å². The average molecular weight is 185 g/mol. The van der Waals surface area contributed by atoms with Gasteiger partial charge in [-0.3, -0.25) is 4.79 Å². The lowest BCUT2D eigenvalue weighted by Crippen LogP contribution is -2.39. The third kappa shape index (κ3) is 3.35. The number of carbonyl (C=O) groups is 1. The first kappa shape index (κ1) is 10.5. The monoisotopic (exact) mass is 185 g/mol. The van der Waals surface area contributed by atoms with Crippen LogP contribution in [0.25, 0.3) is 0 Å². The number of hydrogen-bond acceptors (Lipinski definition) is 2. The fraction of sp³-hybridized carbons (Fsp3) is 0.900. The molecular formula is C10H19NO2. The van der Waals surface area contributed by atoms with E-state index in [1.807, 2.05) is 20.8 Å². The van der Waals surface area contributed by atoms with Crippen molar-refractivity contribution >= 4 is 5.91 Å². The number of hydrogen-bond donors (Lipinski definition) is 1. The SMILES string of the molecule is CC(C)(C)C(=O)NC[C@@H]1CCCO1. The highest BCUT2D eigenvalue weighted by Gasteiger charge is 2.23. The molecule has 1 heterocycles. The van der Waals surface area contributed by atoms with Gasteiger partial charge < -0.3 is 10.1 Å². The molecule has 0 aliphatic carbocycles. The van der Waals surface area contributed by atoms with Gasteiger partial charge in [0.1, 0.15) is 0 Å². The van der Waals surface area contributed by atoms with Gasteiger partial charge in [0.15, 0.2) is 0 Å². The lowest BCUT2D eigenvalue weighted by Gasteiger charge is -2.19. The third-order valence-corrected chi connectivity index (χ3v) is 2.20. The zero-order valence-corrected chi connectivity index (χ0v) is 8.72. The normalized spacial score (nSPS) is 23.2. The third-order valence-electron chi connectivity index (χ3n) is 2.20. The van der Waals surface area contributed by atoms with Gasteiger partial charge in [-0.25, -0.2) is 0 Å². The summed E-state index contributed by atoms with van der Waals surface area (Å²) in [5.41, 5.74) is -0.293. The van der Waals surface area contributed by atoms with E-state index in [-0.39, 0.29) is 17.4 Å². The Kier molecular flexibility index (Phi) is 3.31. The van der Waals surface area contributed by atoms with Crippen molar-refractivity contribution in [3.05, 3.63) is 0 Å². The maximum atomic E-state index is 11.5. The first-order valence-electron chi connectivity index (χ1n) is 4.90. The Hall–Kier alpha value is -0.570. The van der Waals surface area contributed by atoms with Crippen LogP contribution in [-0.4, -0.2) is 25.2 Å². The van der Waals surface area contributed by atoms with Crippen LogP contribution in [-0.2, 0) is 9.53 Å². The lowest BCUT2D eigenvalue weighted by molar-refractivity contribution is -0.129. The summed E-state index contributed by atoms with van der Waals surface area (Å²) in [6, 6.07) is 0. The van der Waals surface area contributed by atoms with Crippen LogP contribution in [0.4, 0.5) is 0 Å². The predicted molar refractivity (Wildman–Crippen MR) is 51.4 cm³/mol. The van der Waals surface area contributed by atoms with Crippen LogP contribution in [0.2, 0.25) is 0 Å². The second-order valence-corrected chi connectivity index (χ2v) is 4.60. The van der Waals surface area contributed by atoms with Gasteiger partial charge in [-0.15, -0.1) is 0 Å². The van der Waals surface area contributed by atoms with Crippen LogP contribution in [0.15, 0.2) is 0 Å². The summed E-state index contributed by atoms with van der Waals surface area (Å²) in [7, 11) is 0.